The Labute approximate surface area is 136 Å². The molecular formula is C15H23BrN2O2S. The maximum atomic E-state index is 13.3. The largest absolute Gasteiger partial charge is 0.271 e. The van der Waals surface area contributed by atoms with Crippen LogP contribution in [0.2, 0.25) is 0 Å². The standard InChI is InChI=1S/C15H23BrN2O2S/c1-14(2,3)13(19)18-21(20,15(4,5)6)10-12-8-7-11(16)9-17-12/h7-9H,10H2,1-6H3/t21-/m1/s1. The van der Waals surface area contributed by atoms with Gasteiger partial charge in [-0.2, -0.15) is 4.36 Å². The lowest BCUT2D eigenvalue weighted by atomic mass is 9.96. The molecule has 0 radical (unpaired) electrons. The first-order valence-corrected chi connectivity index (χ1v) is 9.22. The minimum absolute atomic E-state index is 0.172. The first-order valence-electron chi connectivity index (χ1n) is 6.74. The fraction of sp³-hybridized carbons (Fsp3) is 0.600. The van der Waals surface area contributed by atoms with Crippen LogP contribution >= 0.6 is 15.9 Å². The second-order valence-corrected chi connectivity index (χ2v) is 10.9. The van der Waals surface area contributed by atoms with Crippen LogP contribution in [0.3, 0.4) is 0 Å². The summed E-state index contributed by atoms with van der Waals surface area (Å²) < 4.78 is 17.6. The molecule has 0 unspecified atom stereocenters. The molecule has 1 atom stereocenters. The number of hydrogen-bond donors (Lipinski definition) is 0. The maximum absolute atomic E-state index is 13.3. The predicted molar refractivity (Wildman–Crippen MR) is 90.4 cm³/mol. The van der Waals surface area contributed by atoms with E-state index in [4.69, 9.17) is 0 Å². The Morgan fingerprint density at radius 2 is 1.81 bits per heavy atom. The van der Waals surface area contributed by atoms with Crippen LogP contribution < -0.4 is 0 Å². The summed E-state index contributed by atoms with van der Waals surface area (Å²) in [5, 5.41) is 0. The molecule has 0 fully saturated rings. The fourth-order valence-electron chi connectivity index (χ4n) is 1.35. The average Bonchev–Trinajstić information content (AvgIpc) is 2.29. The molecule has 4 nitrogen and oxygen atoms in total. The Kier molecular flexibility index (Phi) is 5.37. The van der Waals surface area contributed by atoms with Gasteiger partial charge in [0.2, 0.25) is 0 Å². The Hall–Kier alpha value is -0.750. The molecule has 0 saturated heterocycles. The Morgan fingerprint density at radius 3 is 2.19 bits per heavy atom. The molecule has 118 valence electrons. The van der Waals surface area contributed by atoms with Crippen molar-refractivity contribution in [2.24, 2.45) is 9.78 Å². The van der Waals surface area contributed by atoms with Gasteiger partial charge in [0, 0.05) is 20.8 Å². The van der Waals surface area contributed by atoms with Crippen LogP contribution in [0.15, 0.2) is 27.2 Å². The third kappa shape index (κ3) is 4.88. The van der Waals surface area contributed by atoms with Crippen LogP contribution in [0.5, 0.6) is 0 Å². The van der Waals surface area contributed by atoms with Crippen molar-refractivity contribution in [3.8, 4) is 0 Å². The van der Waals surface area contributed by atoms with Gasteiger partial charge in [-0.3, -0.25) is 9.78 Å². The van der Waals surface area contributed by atoms with E-state index < -0.39 is 19.9 Å². The number of pyridine rings is 1. The summed E-state index contributed by atoms with van der Waals surface area (Å²) in [6, 6.07) is 3.64. The SMILES string of the molecule is CC(C)(C)C(=O)N=[S@@](=O)(Cc1ccc(Br)cn1)C(C)(C)C. The molecule has 0 bridgehead atoms. The second-order valence-electron chi connectivity index (χ2n) is 7.01. The molecule has 0 aromatic carbocycles. The van der Waals surface area contributed by atoms with Gasteiger partial charge >= 0.3 is 0 Å². The van der Waals surface area contributed by atoms with Gasteiger partial charge in [-0.1, -0.05) is 20.8 Å². The van der Waals surface area contributed by atoms with E-state index >= 15 is 0 Å². The van der Waals surface area contributed by atoms with E-state index in [-0.39, 0.29) is 11.7 Å². The van der Waals surface area contributed by atoms with Crippen LogP contribution in [0.1, 0.15) is 47.2 Å². The van der Waals surface area contributed by atoms with Crippen molar-refractivity contribution < 1.29 is 9.00 Å². The number of carbonyl (C=O) groups excluding carboxylic acids is 1. The predicted octanol–water partition coefficient (Wildman–Crippen LogP) is 4.18. The summed E-state index contributed by atoms with van der Waals surface area (Å²) in [7, 11) is -2.76. The zero-order valence-corrected chi connectivity index (χ0v) is 15.8. The third-order valence-electron chi connectivity index (χ3n) is 2.96. The highest BCUT2D eigenvalue weighted by molar-refractivity contribution is 9.10. The van der Waals surface area contributed by atoms with E-state index in [1.54, 1.807) is 33.0 Å². The normalized spacial score (nSPS) is 15.4. The Morgan fingerprint density at radius 1 is 1.24 bits per heavy atom. The van der Waals surface area contributed by atoms with Crippen LogP contribution in [-0.4, -0.2) is 19.8 Å². The molecule has 1 amide bonds. The highest BCUT2D eigenvalue weighted by atomic mass is 79.9. The first-order chi connectivity index (χ1) is 9.35. The topological polar surface area (TPSA) is 59.4 Å². The van der Waals surface area contributed by atoms with Crippen molar-refractivity contribution in [2.75, 3.05) is 0 Å². The third-order valence-corrected chi connectivity index (χ3v) is 6.49. The number of amides is 1. The van der Waals surface area contributed by atoms with E-state index in [1.807, 2.05) is 26.8 Å². The second kappa shape index (κ2) is 6.16. The number of aromatic nitrogens is 1. The lowest BCUT2D eigenvalue weighted by molar-refractivity contribution is -0.124. The van der Waals surface area contributed by atoms with E-state index in [0.717, 1.165) is 4.47 Å². The van der Waals surface area contributed by atoms with Crippen molar-refractivity contribution >= 4 is 31.6 Å². The molecule has 0 aliphatic heterocycles. The van der Waals surface area contributed by atoms with Crippen LogP contribution in [0, 0.1) is 5.41 Å². The molecule has 1 rings (SSSR count). The van der Waals surface area contributed by atoms with Gasteiger partial charge in [-0.15, -0.1) is 0 Å². The molecule has 0 aliphatic carbocycles. The molecule has 0 aliphatic rings. The van der Waals surface area contributed by atoms with E-state index in [0.29, 0.717) is 5.69 Å². The van der Waals surface area contributed by atoms with Gasteiger partial charge in [-0.05, 0) is 48.8 Å². The monoisotopic (exact) mass is 374 g/mol. The smallest absolute Gasteiger partial charge is 0.259 e. The lowest BCUT2D eigenvalue weighted by Crippen LogP contribution is -2.32. The summed E-state index contributed by atoms with van der Waals surface area (Å²) in [4.78, 5) is 16.4. The van der Waals surface area contributed by atoms with Gasteiger partial charge in [0.15, 0.2) is 0 Å². The molecule has 1 heterocycles. The zero-order chi connectivity index (χ0) is 16.5. The number of halogens is 1. The average molecular weight is 375 g/mol. The first kappa shape index (κ1) is 18.3. The summed E-state index contributed by atoms with van der Waals surface area (Å²) >= 11 is 3.32. The molecule has 6 heteroatoms. The van der Waals surface area contributed by atoms with Gasteiger partial charge in [0.1, 0.15) is 0 Å². The van der Waals surface area contributed by atoms with Gasteiger partial charge in [-0.25, -0.2) is 4.21 Å². The number of rotatable bonds is 2. The van der Waals surface area contributed by atoms with E-state index in [1.165, 1.54) is 0 Å². The summed E-state index contributed by atoms with van der Waals surface area (Å²) in [6.07, 6.45) is 1.66. The summed E-state index contributed by atoms with van der Waals surface area (Å²) in [5.74, 6) is -0.162. The minimum atomic E-state index is -2.76. The quantitative estimate of drug-likeness (QED) is 0.779. The Balaban J connectivity index is 3.30. The van der Waals surface area contributed by atoms with Crippen molar-refractivity contribution in [2.45, 2.75) is 52.0 Å². The molecular weight excluding hydrogens is 352 g/mol. The maximum Gasteiger partial charge on any atom is 0.259 e. The van der Waals surface area contributed by atoms with Crippen molar-refractivity contribution in [1.29, 1.82) is 0 Å². The van der Waals surface area contributed by atoms with Gasteiger partial charge in [0.05, 0.1) is 21.2 Å². The van der Waals surface area contributed by atoms with Crippen molar-refractivity contribution in [3.05, 3.63) is 28.5 Å². The molecule has 1 aromatic heterocycles. The fourth-order valence-corrected chi connectivity index (χ4v) is 3.47. The summed E-state index contributed by atoms with van der Waals surface area (Å²) in [6.45, 7) is 10.9. The number of nitrogens with zero attached hydrogens (tertiary/aromatic N) is 2. The molecule has 21 heavy (non-hydrogen) atoms. The number of carbonyl (C=O) groups is 1. The molecule has 0 saturated carbocycles. The van der Waals surface area contributed by atoms with Crippen LogP contribution in [0.25, 0.3) is 0 Å². The van der Waals surface area contributed by atoms with Crippen molar-refractivity contribution in [3.63, 3.8) is 0 Å². The van der Waals surface area contributed by atoms with Crippen molar-refractivity contribution in [1.82, 2.24) is 4.98 Å². The van der Waals surface area contributed by atoms with Crippen LogP contribution in [0.4, 0.5) is 0 Å². The number of hydrogen-bond acceptors (Lipinski definition) is 3. The highest BCUT2D eigenvalue weighted by Crippen LogP contribution is 2.26. The summed E-state index contributed by atoms with van der Waals surface area (Å²) in [5.41, 5.74) is 0.0321. The lowest BCUT2D eigenvalue weighted by Gasteiger charge is -2.25. The van der Waals surface area contributed by atoms with Crippen LogP contribution in [-0.2, 0) is 20.3 Å². The molecule has 0 spiro atoms. The minimum Gasteiger partial charge on any atom is -0.271 e. The van der Waals surface area contributed by atoms with E-state index in [9.17, 15) is 9.00 Å². The van der Waals surface area contributed by atoms with Gasteiger partial charge in [0.25, 0.3) is 5.91 Å². The van der Waals surface area contributed by atoms with E-state index in [2.05, 4.69) is 25.3 Å². The van der Waals surface area contributed by atoms with Gasteiger partial charge < -0.3 is 0 Å². The highest BCUT2D eigenvalue weighted by Gasteiger charge is 2.31. The molecule has 1 aromatic rings. The zero-order valence-electron chi connectivity index (χ0n) is 13.4. The Bertz CT molecular complexity index is 631. The molecule has 0 N–H and O–H groups in total.